The van der Waals surface area contributed by atoms with E-state index >= 15 is 0 Å². The first-order chi connectivity index (χ1) is 7.26. The molecule has 0 saturated heterocycles. The van der Waals surface area contributed by atoms with Crippen LogP contribution in [0.15, 0.2) is 30.3 Å². The van der Waals surface area contributed by atoms with E-state index in [1.165, 1.54) is 0 Å². The second-order valence-corrected chi connectivity index (χ2v) is 2.66. The number of aliphatic hydroxyl groups is 2. The van der Waals surface area contributed by atoms with E-state index in [0.717, 1.165) is 0 Å². The molecule has 0 aliphatic rings. The monoisotopic (exact) mass is 211 g/mol. The van der Waals surface area contributed by atoms with Gasteiger partial charge in [0.2, 0.25) is 0 Å². The van der Waals surface area contributed by atoms with Crippen LogP contribution in [0.1, 0.15) is 17.3 Å². The molecule has 1 rings (SSSR count). The van der Waals surface area contributed by atoms with Gasteiger partial charge in [-0.05, 0) is 19.1 Å². The first-order valence-corrected chi connectivity index (χ1v) is 4.81. The van der Waals surface area contributed by atoms with Gasteiger partial charge in [0.1, 0.15) is 0 Å². The molecule has 0 aromatic heterocycles. The smallest absolute Gasteiger partial charge is 0.251 e. The summed E-state index contributed by atoms with van der Waals surface area (Å²) in [6.45, 7) is 2.20. The molecule has 0 aliphatic heterocycles. The number of amides is 1. The molecule has 3 N–H and O–H groups in total. The number of hydrogen-bond donors (Lipinski definition) is 3. The van der Waals surface area contributed by atoms with Crippen molar-refractivity contribution in [3.63, 3.8) is 0 Å². The van der Waals surface area contributed by atoms with Gasteiger partial charge in [-0.2, -0.15) is 0 Å². The maximum Gasteiger partial charge on any atom is 0.251 e. The molecule has 1 aromatic rings. The summed E-state index contributed by atoms with van der Waals surface area (Å²) in [6.07, 6.45) is 0. The van der Waals surface area contributed by atoms with Crippen LogP contribution in [0.25, 0.3) is 0 Å². The molecule has 15 heavy (non-hydrogen) atoms. The summed E-state index contributed by atoms with van der Waals surface area (Å²) in [4.78, 5) is 11.2. The first kappa shape index (κ1) is 13.6. The highest BCUT2D eigenvalue weighted by molar-refractivity contribution is 5.94. The molecular weight excluding hydrogens is 194 g/mol. The second-order valence-electron chi connectivity index (χ2n) is 2.66. The third kappa shape index (κ3) is 6.65. The predicted octanol–water partition coefficient (Wildman–Crippen LogP) is 0.407. The maximum absolute atomic E-state index is 11.2. The molecular formula is C11H17NO3. The molecule has 0 fully saturated rings. The quantitative estimate of drug-likeness (QED) is 0.678. The van der Waals surface area contributed by atoms with Gasteiger partial charge in [0.25, 0.3) is 5.91 Å². The Bertz CT molecular complexity index is 262. The Hall–Kier alpha value is -1.39. The SMILES string of the molecule is CCO.O=C(NCCO)c1ccccc1. The first-order valence-electron chi connectivity index (χ1n) is 4.81. The highest BCUT2D eigenvalue weighted by Gasteiger charge is 2.01. The van der Waals surface area contributed by atoms with Crippen LogP contribution in [-0.2, 0) is 0 Å². The molecule has 0 unspecified atom stereocenters. The van der Waals surface area contributed by atoms with E-state index in [1.807, 2.05) is 6.07 Å². The van der Waals surface area contributed by atoms with Crippen molar-refractivity contribution in [3.8, 4) is 0 Å². The Morgan fingerprint density at radius 2 is 1.80 bits per heavy atom. The molecule has 4 heteroatoms. The number of carbonyl (C=O) groups excluding carboxylic acids is 1. The third-order valence-electron chi connectivity index (χ3n) is 1.43. The van der Waals surface area contributed by atoms with Crippen LogP contribution >= 0.6 is 0 Å². The molecule has 0 aliphatic carbocycles. The van der Waals surface area contributed by atoms with Crippen molar-refractivity contribution < 1.29 is 15.0 Å². The highest BCUT2D eigenvalue weighted by Crippen LogP contribution is 1.96. The summed E-state index contributed by atoms with van der Waals surface area (Å²) in [5.41, 5.74) is 0.617. The molecule has 0 bridgehead atoms. The molecule has 0 saturated carbocycles. The summed E-state index contributed by atoms with van der Waals surface area (Å²) in [5.74, 6) is -0.148. The van der Waals surface area contributed by atoms with Crippen LogP contribution in [0.2, 0.25) is 0 Å². The fourth-order valence-electron chi connectivity index (χ4n) is 0.861. The fourth-order valence-corrected chi connectivity index (χ4v) is 0.861. The number of nitrogens with one attached hydrogen (secondary N) is 1. The molecule has 1 amide bonds. The minimum absolute atomic E-state index is 0.0292. The van der Waals surface area contributed by atoms with Crippen molar-refractivity contribution in [1.82, 2.24) is 5.32 Å². The van der Waals surface area contributed by atoms with Crippen LogP contribution in [0, 0.1) is 0 Å². The lowest BCUT2D eigenvalue weighted by molar-refractivity contribution is 0.0945. The van der Waals surface area contributed by atoms with Gasteiger partial charge in [-0.15, -0.1) is 0 Å². The van der Waals surface area contributed by atoms with Gasteiger partial charge in [-0.25, -0.2) is 0 Å². The molecule has 1 aromatic carbocycles. The summed E-state index contributed by atoms with van der Waals surface area (Å²) in [7, 11) is 0. The van der Waals surface area contributed by atoms with Crippen molar-refractivity contribution in [2.75, 3.05) is 19.8 Å². The van der Waals surface area contributed by atoms with E-state index in [2.05, 4.69) is 5.32 Å². The zero-order chi connectivity index (χ0) is 11.5. The van der Waals surface area contributed by atoms with Gasteiger partial charge in [0.05, 0.1) is 6.61 Å². The average molecular weight is 211 g/mol. The van der Waals surface area contributed by atoms with Gasteiger partial charge >= 0.3 is 0 Å². The Morgan fingerprint density at radius 1 is 1.27 bits per heavy atom. The number of aliphatic hydroxyl groups excluding tert-OH is 2. The number of carbonyl (C=O) groups is 1. The van der Waals surface area contributed by atoms with Gasteiger partial charge < -0.3 is 15.5 Å². The normalized spacial score (nSPS) is 8.73. The standard InChI is InChI=1S/C9H11NO2.C2H6O/c11-7-6-10-9(12)8-4-2-1-3-5-8;1-2-3/h1-5,11H,6-7H2,(H,10,12);3H,2H2,1H3. The van der Waals surface area contributed by atoms with Crippen molar-refractivity contribution >= 4 is 5.91 Å². The minimum atomic E-state index is -0.148. The summed E-state index contributed by atoms with van der Waals surface area (Å²) in [6, 6.07) is 8.91. The Morgan fingerprint density at radius 3 is 2.27 bits per heavy atom. The summed E-state index contributed by atoms with van der Waals surface area (Å²) >= 11 is 0. The van der Waals surface area contributed by atoms with Crippen LogP contribution in [0.4, 0.5) is 0 Å². The lowest BCUT2D eigenvalue weighted by Gasteiger charge is -2.01. The van der Waals surface area contributed by atoms with Gasteiger partial charge in [-0.3, -0.25) is 4.79 Å². The summed E-state index contributed by atoms with van der Waals surface area (Å²) in [5, 5.41) is 18.6. The lowest BCUT2D eigenvalue weighted by Crippen LogP contribution is -2.26. The number of benzene rings is 1. The van der Waals surface area contributed by atoms with E-state index in [0.29, 0.717) is 12.1 Å². The van der Waals surface area contributed by atoms with E-state index in [9.17, 15) is 4.79 Å². The Balaban J connectivity index is 0.000000583. The topological polar surface area (TPSA) is 69.6 Å². The van der Waals surface area contributed by atoms with Crippen molar-refractivity contribution in [2.45, 2.75) is 6.92 Å². The minimum Gasteiger partial charge on any atom is -0.397 e. The highest BCUT2D eigenvalue weighted by atomic mass is 16.3. The van der Waals surface area contributed by atoms with Crippen molar-refractivity contribution in [1.29, 1.82) is 0 Å². The van der Waals surface area contributed by atoms with E-state index in [1.54, 1.807) is 31.2 Å². The number of hydrogen-bond acceptors (Lipinski definition) is 3. The summed E-state index contributed by atoms with van der Waals surface area (Å²) < 4.78 is 0. The lowest BCUT2D eigenvalue weighted by atomic mass is 10.2. The molecule has 4 nitrogen and oxygen atoms in total. The zero-order valence-corrected chi connectivity index (χ0v) is 8.81. The van der Waals surface area contributed by atoms with Crippen molar-refractivity contribution in [2.24, 2.45) is 0 Å². The Kier molecular flexibility index (Phi) is 8.33. The third-order valence-corrected chi connectivity index (χ3v) is 1.43. The Labute approximate surface area is 89.6 Å². The largest absolute Gasteiger partial charge is 0.397 e. The van der Waals surface area contributed by atoms with Crippen LogP contribution in [-0.4, -0.2) is 35.9 Å². The maximum atomic E-state index is 11.2. The molecule has 0 radical (unpaired) electrons. The van der Waals surface area contributed by atoms with Crippen LogP contribution in [0.3, 0.4) is 0 Å². The van der Waals surface area contributed by atoms with Crippen molar-refractivity contribution in [3.05, 3.63) is 35.9 Å². The van der Waals surface area contributed by atoms with Crippen LogP contribution in [0.5, 0.6) is 0 Å². The van der Waals surface area contributed by atoms with Crippen LogP contribution < -0.4 is 5.32 Å². The van der Waals surface area contributed by atoms with Gasteiger partial charge in [0.15, 0.2) is 0 Å². The van der Waals surface area contributed by atoms with E-state index < -0.39 is 0 Å². The second kappa shape index (κ2) is 9.18. The molecule has 0 spiro atoms. The molecule has 0 atom stereocenters. The zero-order valence-electron chi connectivity index (χ0n) is 8.81. The van der Waals surface area contributed by atoms with E-state index in [4.69, 9.17) is 10.2 Å². The van der Waals surface area contributed by atoms with E-state index in [-0.39, 0.29) is 19.1 Å². The average Bonchev–Trinajstić information content (AvgIpc) is 2.28. The fraction of sp³-hybridized carbons (Fsp3) is 0.364. The molecule has 84 valence electrons. The van der Waals surface area contributed by atoms with Gasteiger partial charge in [-0.1, -0.05) is 18.2 Å². The van der Waals surface area contributed by atoms with Gasteiger partial charge in [0, 0.05) is 18.7 Å². The predicted molar refractivity (Wildman–Crippen MR) is 58.6 cm³/mol. The molecule has 0 heterocycles. The number of rotatable bonds is 3.